The lowest BCUT2D eigenvalue weighted by Gasteiger charge is -2.30. The predicted octanol–water partition coefficient (Wildman–Crippen LogP) is 2.13. The Morgan fingerprint density at radius 1 is 1.31 bits per heavy atom. The summed E-state index contributed by atoms with van der Waals surface area (Å²) in [6.45, 7) is 9.89. The van der Waals surface area contributed by atoms with Gasteiger partial charge >= 0.3 is 0 Å². The first-order chi connectivity index (χ1) is 6.14. The predicted molar refractivity (Wildman–Crippen MR) is 59.5 cm³/mol. The molecule has 0 saturated carbocycles. The fourth-order valence-corrected chi connectivity index (χ4v) is 1.78. The monoisotopic (exact) mass is 249 g/mol. The Morgan fingerprint density at radius 2 is 2.08 bits per heavy atom. The molecule has 0 amide bonds. The number of rotatable bonds is 3. The van der Waals surface area contributed by atoms with Crippen LogP contribution in [-0.2, 0) is 4.74 Å². The van der Waals surface area contributed by atoms with Crippen LogP contribution in [0.4, 0.5) is 0 Å². The van der Waals surface area contributed by atoms with E-state index >= 15 is 0 Å². The number of ether oxygens (including phenoxy) is 1. The van der Waals surface area contributed by atoms with Gasteiger partial charge in [-0.15, -0.1) is 0 Å². The number of nitrogens with zero attached hydrogens (tertiary/aromatic N) is 1. The van der Waals surface area contributed by atoms with E-state index in [0.29, 0.717) is 5.41 Å². The van der Waals surface area contributed by atoms with Crippen molar-refractivity contribution >= 4 is 15.9 Å². The molecule has 78 valence electrons. The molecule has 0 N–H and O–H groups in total. The molecule has 0 aromatic carbocycles. The summed E-state index contributed by atoms with van der Waals surface area (Å²) in [4.78, 5) is 2.51. The third kappa shape index (κ3) is 4.43. The van der Waals surface area contributed by atoms with Crippen molar-refractivity contribution in [2.24, 2.45) is 5.41 Å². The highest BCUT2D eigenvalue weighted by Gasteiger charge is 2.21. The molecule has 0 unspecified atom stereocenters. The normalized spacial score (nSPS) is 21.5. The summed E-state index contributed by atoms with van der Waals surface area (Å²) in [7, 11) is 0. The fraction of sp³-hybridized carbons (Fsp3) is 1.00. The van der Waals surface area contributed by atoms with Crippen molar-refractivity contribution in [2.75, 3.05) is 38.2 Å². The number of halogens is 1. The first kappa shape index (κ1) is 11.5. The SMILES string of the molecule is CC(C)(CBr)CN1CCCOCC1. The topological polar surface area (TPSA) is 12.5 Å². The summed E-state index contributed by atoms with van der Waals surface area (Å²) >= 11 is 3.56. The van der Waals surface area contributed by atoms with Crippen LogP contribution in [0.1, 0.15) is 20.3 Å². The molecule has 1 heterocycles. The van der Waals surface area contributed by atoms with E-state index in [-0.39, 0.29) is 0 Å². The molecule has 0 bridgehead atoms. The molecular weight excluding hydrogens is 230 g/mol. The van der Waals surface area contributed by atoms with Gasteiger partial charge < -0.3 is 9.64 Å². The van der Waals surface area contributed by atoms with Gasteiger partial charge in [-0.2, -0.15) is 0 Å². The molecule has 0 aliphatic carbocycles. The van der Waals surface area contributed by atoms with E-state index < -0.39 is 0 Å². The van der Waals surface area contributed by atoms with Crippen LogP contribution in [0.2, 0.25) is 0 Å². The van der Waals surface area contributed by atoms with Crippen molar-refractivity contribution in [1.82, 2.24) is 4.90 Å². The van der Waals surface area contributed by atoms with Gasteiger partial charge in [0.1, 0.15) is 0 Å². The lowest BCUT2D eigenvalue weighted by Crippen LogP contribution is -2.36. The van der Waals surface area contributed by atoms with Crippen molar-refractivity contribution in [3.05, 3.63) is 0 Å². The smallest absolute Gasteiger partial charge is 0.0593 e. The Bertz CT molecular complexity index is 142. The summed E-state index contributed by atoms with van der Waals surface area (Å²) in [6.07, 6.45) is 1.18. The van der Waals surface area contributed by atoms with E-state index in [4.69, 9.17) is 4.74 Å². The standard InChI is InChI=1S/C10H20BrNO/c1-10(2,8-11)9-12-4-3-6-13-7-5-12/h3-9H2,1-2H3. The van der Waals surface area contributed by atoms with Gasteiger partial charge in [0.25, 0.3) is 0 Å². The van der Waals surface area contributed by atoms with Gasteiger partial charge in [0.15, 0.2) is 0 Å². The molecule has 1 aliphatic rings. The molecule has 0 spiro atoms. The number of hydrogen-bond acceptors (Lipinski definition) is 2. The van der Waals surface area contributed by atoms with Gasteiger partial charge in [-0.25, -0.2) is 0 Å². The lowest BCUT2D eigenvalue weighted by molar-refractivity contribution is 0.133. The minimum absolute atomic E-state index is 0.379. The van der Waals surface area contributed by atoms with Gasteiger partial charge in [0, 0.05) is 31.6 Å². The quantitative estimate of drug-likeness (QED) is 0.711. The van der Waals surface area contributed by atoms with Crippen molar-refractivity contribution in [2.45, 2.75) is 20.3 Å². The zero-order chi connectivity index (χ0) is 9.73. The number of alkyl halides is 1. The first-order valence-electron chi connectivity index (χ1n) is 5.00. The van der Waals surface area contributed by atoms with Crippen LogP contribution in [-0.4, -0.2) is 43.1 Å². The third-order valence-electron chi connectivity index (χ3n) is 2.33. The maximum absolute atomic E-state index is 5.42. The second-order valence-corrected chi connectivity index (χ2v) is 5.10. The molecule has 1 aliphatic heterocycles. The molecule has 2 nitrogen and oxygen atoms in total. The molecule has 0 aromatic rings. The highest BCUT2D eigenvalue weighted by Crippen LogP contribution is 2.20. The van der Waals surface area contributed by atoms with Crippen LogP contribution >= 0.6 is 15.9 Å². The Balaban J connectivity index is 2.33. The molecule has 1 saturated heterocycles. The van der Waals surface area contributed by atoms with E-state index in [1.165, 1.54) is 19.5 Å². The molecule has 1 fully saturated rings. The lowest BCUT2D eigenvalue weighted by atomic mass is 9.96. The second kappa shape index (κ2) is 5.32. The van der Waals surface area contributed by atoms with Gasteiger partial charge in [0.05, 0.1) is 6.61 Å². The highest BCUT2D eigenvalue weighted by molar-refractivity contribution is 9.09. The van der Waals surface area contributed by atoms with Crippen LogP contribution in [0.15, 0.2) is 0 Å². The maximum Gasteiger partial charge on any atom is 0.0593 e. The van der Waals surface area contributed by atoms with Crippen LogP contribution in [0.3, 0.4) is 0 Å². The van der Waals surface area contributed by atoms with Crippen LogP contribution in [0, 0.1) is 5.41 Å². The first-order valence-corrected chi connectivity index (χ1v) is 6.12. The van der Waals surface area contributed by atoms with E-state index in [0.717, 1.165) is 25.1 Å². The van der Waals surface area contributed by atoms with Crippen LogP contribution in [0.25, 0.3) is 0 Å². The van der Waals surface area contributed by atoms with Crippen LogP contribution in [0.5, 0.6) is 0 Å². The summed E-state index contributed by atoms with van der Waals surface area (Å²) in [6, 6.07) is 0. The van der Waals surface area contributed by atoms with Gasteiger partial charge in [-0.1, -0.05) is 29.8 Å². The molecule has 0 aromatic heterocycles. The van der Waals surface area contributed by atoms with Crippen molar-refractivity contribution < 1.29 is 4.74 Å². The summed E-state index contributed by atoms with van der Waals surface area (Å²) in [5, 5.41) is 1.07. The minimum atomic E-state index is 0.379. The van der Waals surface area contributed by atoms with Crippen LogP contribution < -0.4 is 0 Å². The van der Waals surface area contributed by atoms with E-state index in [2.05, 4.69) is 34.7 Å². The molecule has 3 heteroatoms. The average molecular weight is 250 g/mol. The van der Waals surface area contributed by atoms with Gasteiger partial charge in [0.2, 0.25) is 0 Å². The molecular formula is C10H20BrNO. The Kier molecular flexibility index (Phi) is 4.70. The highest BCUT2D eigenvalue weighted by atomic mass is 79.9. The Morgan fingerprint density at radius 3 is 2.77 bits per heavy atom. The summed E-state index contributed by atoms with van der Waals surface area (Å²) < 4.78 is 5.42. The summed E-state index contributed by atoms with van der Waals surface area (Å²) in [5.41, 5.74) is 0.379. The zero-order valence-electron chi connectivity index (χ0n) is 8.68. The maximum atomic E-state index is 5.42. The van der Waals surface area contributed by atoms with E-state index in [9.17, 15) is 0 Å². The van der Waals surface area contributed by atoms with E-state index in [1.54, 1.807) is 0 Å². The second-order valence-electron chi connectivity index (χ2n) is 4.54. The molecule has 1 rings (SSSR count). The van der Waals surface area contributed by atoms with Gasteiger partial charge in [-0.05, 0) is 11.8 Å². The van der Waals surface area contributed by atoms with Crippen molar-refractivity contribution in [3.63, 3.8) is 0 Å². The molecule has 0 radical (unpaired) electrons. The van der Waals surface area contributed by atoms with E-state index in [1.807, 2.05) is 0 Å². The third-order valence-corrected chi connectivity index (χ3v) is 3.85. The average Bonchev–Trinajstić information content (AvgIpc) is 2.32. The Hall–Kier alpha value is 0.400. The molecule has 0 atom stereocenters. The summed E-state index contributed by atoms with van der Waals surface area (Å²) in [5.74, 6) is 0. The Labute approximate surface area is 89.8 Å². The van der Waals surface area contributed by atoms with Gasteiger partial charge in [-0.3, -0.25) is 0 Å². The molecule has 13 heavy (non-hydrogen) atoms. The largest absolute Gasteiger partial charge is 0.380 e. The van der Waals surface area contributed by atoms with Crippen molar-refractivity contribution in [3.8, 4) is 0 Å². The minimum Gasteiger partial charge on any atom is -0.380 e. The fourth-order valence-electron chi connectivity index (χ4n) is 1.60. The number of hydrogen-bond donors (Lipinski definition) is 0. The van der Waals surface area contributed by atoms with Crippen molar-refractivity contribution in [1.29, 1.82) is 0 Å². The zero-order valence-corrected chi connectivity index (χ0v) is 10.3.